The maximum Gasteiger partial charge on any atom is 0.253 e. The number of likely N-dealkylation sites (tertiary alicyclic amines) is 1. The summed E-state index contributed by atoms with van der Waals surface area (Å²) in [5.74, 6) is 0.678. The van der Waals surface area contributed by atoms with Gasteiger partial charge in [0.25, 0.3) is 5.91 Å². The summed E-state index contributed by atoms with van der Waals surface area (Å²) in [6, 6.07) is 14.3. The van der Waals surface area contributed by atoms with Crippen LogP contribution < -0.4 is 0 Å². The van der Waals surface area contributed by atoms with E-state index < -0.39 is 0 Å². The molecule has 0 unspecified atom stereocenters. The Bertz CT molecular complexity index is 906. The van der Waals surface area contributed by atoms with Crippen LogP contribution in [0.2, 0.25) is 0 Å². The number of carbonyl (C=O) groups is 1. The zero-order chi connectivity index (χ0) is 16.7. The van der Waals surface area contributed by atoms with Gasteiger partial charge in [0.15, 0.2) is 0 Å². The number of hydrogen-bond acceptors (Lipinski definition) is 2. The van der Waals surface area contributed by atoms with Crippen LogP contribution in [0, 0.1) is 12.8 Å². The molecule has 2 heterocycles. The van der Waals surface area contributed by atoms with Gasteiger partial charge in [0.1, 0.15) is 0 Å². The van der Waals surface area contributed by atoms with Gasteiger partial charge in [-0.2, -0.15) is 0 Å². The van der Waals surface area contributed by atoms with Gasteiger partial charge >= 0.3 is 0 Å². The molecule has 4 rings (SSSR count). The molecule has 3 aromatic rings. The summed E-state index contributed by atoms with van der Waals surface area (Å²) in [7, 11) is 1.96. The third-order valence-electron chi connectivity index (χ3n) is 4.99. The lowest BCUT2D eigenvalue weighted by atomic mass is 9.90. The molecule has 1 aliphatic heterocycles. The number of carbonyl (C=O) groups excluding carboxylic acids is 1. The summed E-state index contributed by atoms with van der Waals surface area (Å²) in [6.45, 7) is 3.83. The van der Waals surface area contributed by atoms with Crippen LogP contribution in [0.4, 0.5) is 0 Å². The van der Waals surface area contributed by atoms with Crippen molar-refractivity contribution in [3.8, 4) is 0 Å². The van der Waals surface area contributed by atoms with Gasteiger partial charge in [-0.15, -0.1) is 0 Å². The summed E-state index contributed by atoms with van der Waals surface area (Å²) in [5, 5.41) is 0. The first-order valence-electron chi connectivity index (χ1n) is 8.36. The number of nitrogens with zero attached hydrogens (tertiary/aromatic N) is 3. The zero-order valence-electron chi connectivity index (χ0n) is 14.1. The van der Waals surface area contributed by atoms with Crippen LogP contribution in [-0.2, 0) is 13.5 Å². The van der Waals surface area contributed by atoms with Crippen LogP contribution in [-0.4, -0.2) is 33.4 Å². The normalized spacial score (nSPS) is 14.8. The van der Waals surface area contributed by atoms with Crippen LogP contribution in [0.15, 0.2) is 48.8 Å². The number of hydrogen-bond donors (Lipinski definition) is 0. The highest BCUT2D eigenvalue weighted by Gasteiger charge is 2.31. The molecule has 0 aliphatic carbocycles. The molecular weight excluding hydrogens is 298 g/mol. The predicted molar refractivity (Wildman–Crippen MR) is 95.0 cm³/mol. The van der Waals surface area contributed by atoms with E-state index in [0.717, 1.165) is 36.1 Å². The predicted octanol–water partition coefficient (Wildman–Crippen LogP) is 3.20. The van der Waals surface area contributed by atoms with Crippen LogP contribution in [0.1, 0.15) is 21.5 Å². The number of amides is 1. The Morgan fingerprint density at radius 1 is 1.21 bits per heavy atom. The number of benzene rings is 2. The van der Waals surface area contributed by atoms with E-state index in [4.69, 9.17) is 0 Å². The lowest BCUT2D eigenvalue weighted by Gasteiger charge is -2.39. The molecule has 0 atom stereocenters. The molecule has 122 valence electrons. The topological polar surface area (TPSA) is 38.1 Å². The fraction of sp³-hybridized carbons (Fsp3) is 0.300. The van der Waals surface area contributed by atoms with Crippen molar-refractivity contribution in [1.82, 2.24) is 14.5 Å². The molecule has 0 radical (unpaired) electrons. The first kappa shape index (κ1) is 14.9. The quantitative estimate of drug-likeness (QED) is 0.743. The van der Waals surface area contributed by atoms with Crippen molar-refractivity contribution in [3.63, 3.8) is 0 Å². The van der Waals surface area contributed by atoms with Crippen molar-refractivity contribution >= 4 is 16.9 Å². The summed E-state index contributed by atoms with van der Waals surface area (Å²) in [6.07, 6.45) is 2.83. The zero-order valence-corrected chi connectivity index (χ0v) is 14.1. The van der Waals surface area contributed by atoms with Gasteiger partial charge in [0.2, 0.25) is 0 Å². The smallest absolute Gasteiger partial charge is 0.253 e. The molecular formula is C20H21N3O. The van der Waals surface area contributed by atoms with E-state index in [9.17, 15) is 4.79 Å². The third-order valence-corrected chi connectivity index (χ3v) is 4.99. The van der Waals surface area contributed by atoms with Gasteiger partial charge < -0.3 is 9.47 Å². The van der Waals surface area contributed by atoms with Crippen molar-refractivity contribution < 1.29 is 4.79 Å². The van der Waals surface area contributed by atoms with Gasteiger partial charge in [-0.05, 0) is 48.6 Å². The molecule has 0 bridgehead atoms. The lowest BCUT2D eigenvalue weighted by Crippen LogP contribution is -2.50. The van der Waals surface area contributed by atoms with Crippen molar-refractivity contribution in [1.29, 1.82) is 0 Å². The average molecular weight is 319 g/mol. The van der Waals surface area contributed by atoms with Gasteiger partial charge in [-0.3, -0.25) is 4.79 Å². The molecule has 1 aromatic heterocycles. The lowest BCUT2D eigenvalue weighted by molar-refractivity contribution is 0.0501. The standard InChI is InChI=1S/C20H21N3O/c1-14-5-3-4-6-16(14)9-15-11-23(12-15)20(24)17-7-8-19-18(10-17)21-13-22(19)2/h3-8,10,13,15H,9,11-12H2,1-2H3. The monoisotopic (exact) mass is 319 g/mol. The first-order chi connectivity index (χ1) is 11.6. The maximum absolute atomic E-state index is 12.6. The summed E-state index contributed by atoms with van der Waals surface area (Å²) in [5.41, 5.74) is 5.39. The summed E-state index contributed by atoms with van der Waals surface area (Å²) < 4.78 is 1.96. The van der Waals surface area contributed by atoms with Gasteiger partial charge in [-0.1, -0.05) is 24.3 Å². The highest BCUT2D eigenvalue weighted by Crippen LogP contribution is 2.24. The fourth-order valence-electron chi connectivity index (χ4n) is 3.47. The second kappa shape index (κ2) is 5.78. The molecule has 24 heavy (non-hydrogen) atoms. The first-order valence-corrected chi connectivity index (χ1v) is 8.36. The molecule has 0 saturated carbocycles. The second-order valence-electron chi connectivity index (χ2n) is 6.77. The van der Waals surface area contributed by atoms with E-state index in [0.29, 0.717) is 5.92 Å². The molecule has 1 fully saturated rings. The van der Waals surface area contributed by atoms with E-state index in [1.165, 1.54) is 11.1 Å². The minimum Gasteiger partial charge on any atom is -0.338 e. The molecule has 1 saturated heterocycles. The Hall–Kier alpha value is -2.62. The van der Waals surface area contributed by atoms with E-state index >= 15 is 0 Å². The van der Waals surface area contributed by atoms with Crippen molar-refractivity contribution in [2.45, 2.75) is 13.3 Å². The molecule has 0 N–H and O–H groups in total. The van der Waals surface area contributed by atoms with Gasteiger partial charge in [-0.25, -0.2) is 4.98 Å². The molecule has 0 spiro atoms. The number of rotatable bonds is 3. The van der Waals surface area contributed by atoms with Crippen LogP contribution in [0.5, 0.6) is 0 Å². The largest absolute Gasteiger partial charge is 0.338 e. The van der Waals surface area contributed by atoms with Crippen molar-refractivity contribution in [2.75, 3.05) is 13.1 Å². The van der Waals surface area contributed by atoms with Crippen LogP contribution in [0.25, 0.3) is 11.0 Å². The number of imidazole rings is 1. The maximum atomic E-state index is 12.6. The van der Waals surface area contributed by atoms with Crippen LogP contribution >= 0.6 is 0 Å². The van der Waals surface area contributed by atoms with Gasteiger partial charge in [0, 0.05) is 25.7 Å². The highest BCUT2D eigenvalue weighted by molar-refractivity contribution is 5.97. The molecule has 1 amide bonds. The number of aryl methyl sites for hydroxylation is 2. The highest BCUT2D eigenvalue weighted by atomic mass is 16.2. The summed E-state index contributed by atoms with van der Waals surface area (Å²) in [4.78, 5) is 18.9. The van der Waals surface area contributed by atoms with Gasteiger partial charge in [0.05, 0.1) is 17.4 Å². The molecule has 1 aliphatic rings. The average Bonchev–Trinajstić information content (AvgIpc) is 2.92. The number of fused-ring (bicyclic) bond motifs is 1. The molecule has 4 nitrogen and oxygen atoms in total. The second-order valence-corrected chi connectivity index (χ2v) is 6.77. The van der Waals surface area contributed by atoms with E-state index in [-0.39, 0.29) is 5.91 Å². The molecule has 2 aromatic carbocycles. The minimum atomic E-state index is 0.114. The Labute approximate surface area is 141 Å². The Kier molecular flexibility index (Phi) is 3.60. The van der Waals surface area contributed by atoms with Crippen molar-refractivity contribution in [3.05, 3.63) is 65.5 Å². The van der Waals surface area contributed by atoms with E-state index in [1.807, 2.05) is 34.7 Å². The third kappa shape index (κ3) is 2.58. The minimum absolute atomic E-state index is 0.114. The SMILES string of the molecule is Cc1ccccc1CC1CN(C(=O)c2ccc3c(c2)ncn3C)C1. The Balaban J connectivity index is 1.42. The van der Waals surface area contributed by atoms with E-state index in [2.05, 4.69) is 36.2 Å². The number of aromatic nitrogens is 2. The van der Waals surface area contributed by atoms with E-state index in [1.54, 1.807) is 6.33 Å². The molecule has 4 heteroatoms. The fourth-order valence-corrected chi connectivity index (χ4v) is 3.47. The summed E-state index contributed by atoms with van der Waals surface area (Å²) >= 11 is 0. The Morgan fingerprint density at radius 3 is 2.79 bits per heavy atom. The van der Waals surface area contributed by atoms with Crippen molar-refractivity contribution in [2.24, 2.45) is 13.0 Å². The van der Waals surface area contributed by atoms with Crippen LogP contribution in [0.3, 0.4) is 0 Å². The Morgan fingerprint density at radius 2 is 2.00 bits per heavy atom.